The number of hydrogen-bond acceptors (Lipinski definition) is 4. The zero-order valence-electron chi connectivity index (χ0n) is 29.4. The number of carbonyl (C=O) groups is 1. The largest absolute Gasteiger partial charge is 0.457 e. The third-order valence-electron chi connectivity index (χ3n) is 10.2. The highest BCUT2D eigenvalue weighted by atomic mass is 16.5. The average molecular weight is 638 g/mol. The lowest BCUT2D eigenvalue weighted by molar-refractivity contribution is 0.0472. The van der Waals surface area contributed by atoms with Crippen LogP contribution in [-0.2, 0) is 11.3 Å². The quantitative estimate of drug-likeness (QED) is 0.139. The van der Waals surface area contributed by atoms with Gasteiger partial charge < -0.3 is 14.4 Å². The van der Waals surface area contributed by atoms with Crippen molar-refractivity contribution in [2.24, 2.45) is 0 Å². The fraction of sp³-hybridized carbons (Fsp3) is 0.302. The minimum atomic E-state index is -0.350. The summed E-state index contributed by atoms with van der Waals surface area (Å²) < 4.78 is 15.3. The van der Waals surface area contributed by atoms with E-state index in [9.17, 15) is 4.79 Å². The van der Waals surface area contributed by atoms with Gasteiger partial charge in [-0.3, -0.25) is 0 Å². The van der Waals surface area contributed by atoms with Gasteiger partial charge in [-0.25, -0.2) is 9.37 Å². The van der Waals surface area contributed by atoms with Crippen molar-refractivity contribution in [3.05, 3.63) is 135 Å². The third kappa shape index (κ3) is 5.17. The van der Waals surface area contributed by atoms with Crippen LogP contribution >= 0.6 is 0 Å². The highest BCUT2D eigenvalue weighted by molar-refractivity contribution is 6.00. The lowest BCUT2D eigenvalue weighted by atomic mass is 9.83. The average Bonchev–Trinajstić information content (AvgIpc) is 3.05. The summed E-state index contributed by atoms with van der Waals surface area (Å²) in [6.45, 7) is 19.8. The standard InChI is InChI=1S/C43H45N2O3/c1-9-44-36-22-38-34(20-32(36)27(3)24-42(44,5)6)40(30-18-14-15-19-31(30)41(46)47-26-29-16-12-11-13-17-29)35-21-33-28(4)25-43(7,8)45(10-2)37(33)23-39(35)48-38/h11-25H,9-10,26H2,1-8H3/q+1. The molecule has 48 heavy (non-hydrogen) atoms. The molecular formula is C43H45N2O3+. The molecule has 0 saturated carbocycles. The number of esters is 1. The van der Waals surface area contributed by atoms with Crippen LogP contribution in [0.3, 0.4) is 0 Å². The molecule has 5 nitrogen and oxygen atoms in total. The molecule has 0 saturated heterocycles. The van der Waals surface area contributed by atoms with E-state index in [-0.39, 0.29) is 23.7 Å². The van der Waals surface area contributed by atoms with Crippen LogP contribution < -0.4 is 24.8 Å². The molecule has 4 aromatic rings. The Morgan fingerprint density at radius 1 is 0.792 bits per heavy atom. The SMILES string of the molecule is CCN1c2cc3c(cc2C(C)=CC1(C)C)C(c1ccccc1C(=O)OCc1ccccc1)=c1cc2c(cc1O3)=[N+](CC)C(C)(C)C=C2C. The van der Waals surface area contributed by atoms with Crippen LogP contribution in [0.5, 0.6) is 11.5 Å². The highest BCUT2D eigenvalue weighted by Gasteiger charge is 2.36. The van der Waals surface area contributed by atoms with Crippen LogP contribution in [0.25, 0.3) is 16.7 Å². The second-order valence-corrected chi connectivity index (χ2v) is 14.3. The van der Waals surface area contributed by atoms with E-state index in [1.807, 2.05) is 54.6 Å². The van der Waals surface area contributed by atoms with E-state index < -0.39 is 0 Å². The van der Waals surface area contributed by atoms with Gasteiger partial charge in [-0.1, -0.05) is 54.6 Å². The molecule has 0 radical (unpaired) electrons. The van der Waals surface area contributed by atoms with Crippen molar-refractivity contribution < 1.29 is 14.3 Å². The van der Waals surface area contributed by atoms with E-state index in [0.717, 1.165) is 63.1 Å². The van der Waals surface area contributed by atoms with E-state index in [2.05, 4.69) is 101 Å². The highest BCUT2D eigenvalue weighted by Crippen LogP contribution is 2.46. The van der Waals surface area contributed by atoms with Gasteiger partial charge in [0.15, 0.2) is 5.54 Å². The second-order valence-electron chi connectivity index (χ2n) is 14.3. The summed E-state index contributed by atoms with van der Waals surface area (Å²) in [4.78, 5) is 16.3. The topological polar surface area (TPSA) is 41.8 Å². The van der Waals surface area contributed by atoms with Gasteiger partial charge in [0.05, 0.1) is 17.2 Å². The van der Waals surface area contributed by atoms with E-state index >= 15 is 0 Å². The Morgan fingerprint density at radius 2 is 1.50 bits per heavy atom. The van der Waals surface area contributed by atoms with Crippen molar-refractivity contribution in [3.63, 3.8) is 0 Å². The number of rotatable bonds is 6. The summed E-state index contributed by atoms with van der Waals surface area (Å²) in [6.07, 6.45) is 4.70. The van der Waals surface area contributed by atoms with Crippen LogP contribution in [0.15, 0.2) is 91.0 Å². The number of anilines is 1. The first-order valence-corrected chi connectivity index (χ1v) is 17.1. The number of allylic oxidation sites excluding steroid dienone is 2. The van der Waals surface area contributed by atoms with Gasteiger partial charge >= 0.3 is 5.97 Å². The Morgan fingerprint density at radius 3 is 2.23 bits per heavy atom. The first kappa shape index (κ1) is 31.7. The molecule has 3 heterocycles. The minimum absolute atomic E-state index is 0.134. The number of benzene rings is 4. The summed E-state index contributed by atoms with van der Waals surface area (Å²) >= 11 is 0. The van der Waals surface area contributed by atoms with Crippen molar-refractivity contribution in [1.82, 2.24) is 4.58 Å². The van der Waals surface area contributed by atoms with Gasteiger partial charge in [0.1, 0.15) is 24.7 Å². The zero-order chi connectivity index (χ0) is 34.0. The Labute approximate surface area is 284 Å². The molecule has 3 aliphatic heterocycles. The fourth-order valence-electron chi connectivity index (χ4n) is 8.16. The first-order chi connectivity index (χ1) is 22.9. The Hall–Kier alpha value is -4.90. The van der Waals surface area contributed by atoms with E-state index in [1.54, 1.807) is 0 Å². The zero-order valence-corrected chi connectivity index (χ0v) is 29.4. The van der Waals surface area contributed by atoms with Crippen LogP contribution in [0.4, 0.5) is 5.69 Å². The first-order valence-electron chi connectivity index (χ1n) is 17.1. The van der Waals surface area contributed by atoms with Gasteiger partial charge in [0.2, 0.25) is 5.36 Å². The maximum absolute atomic E-state index is 13.9. The van der Waals surface area contributed by atoms with Gasteiger partial charge in [0.25, 0.3) is 0 Å². The number of carbonyl (C=O) groups excluding carboxylic acids is 1. The molecule has 7 rings (SSSR count). The number of nitrogens with zero attached hydrogens (tertiary/aromatic N) is 2. The van der Waals surface area contributed by atoms with Crippen molar-refractivity contribution in [3.8, 4) is 11.5 Å². The van der Waals surface area contributed by atoms with Gasteiger partial charge in [-0.05, 0) is 88.1 Å². The molecular weight excluding hydrogens is 592 g/mol. The Balaban J connectivity index is 1.51. The maximum Gasteiger partial charge on any atom is 0.339 e. The summed E-state index contributed by atoms with van der Waals surface area (Å²) in [5.74, 6) is 1.23. The van der Waals surface area contributed by atoms with Crippen LogP contribution in [0, 0.1) is 0 Å². The summed E-state index contributed by atoms with van der Waals surface area (Å²) in [6, 6.07) is 26.6. The van der Waals surface area contributed by atoms with Gasteiger partial charge in [-0.15, -0.1) is 0 Å². The van der Waals surface area contributed by atoms with Gasteiger partial charge in [-0.2, -0.15) is 0 Å². The number of hydrogen-bond donors (Lipinski definition) is 0. The van der Waals surface area contributed by atoms with Crippen molar-refractivity contribution in [2.75, 3.05) is 18.0 Å². The van der Waals surface area contributed by atoms with Crippen LogP contribution in [-0.4, -0.2) is 30.1 Å². The Kier molecular flexibility index (Phi) is 7.70. The lowest BCUT2D eigenvalue weighted by Gasteiger charge is -2.43. The van der Waals surface area contributed by atoms with Crippen molar-refractivity contribution in [2.45, 2.75) is 73.1 Å². The van der Waals surface area contributed by atoms with Crippen LogP contribution in [0.1, 0.15) is 93.6 Å². The molecule has 0 aliphatic carbocycles. The Bertz CT molecular complexity index is 2170. The molecule has 3 aliphatic rings. The molecule has 0 spiro atoms. The molecule has 0 amide bonds. The minimum Gasteiger partial charge on any atom is -0.457 e. The van der Waals surface area contributed by atoms with Crippen molar-refractivity contribution >= 4 is 28.4 Å². The fourth-order valence-corrected chi connectivity index (χ4v) is 8.16. The molecule has 0 N–H and O–H groups in total. The van der Waals surface area contributed by atoms with E-state index in [1.165, 1.54) is 22.3 Å². The molecule has 0 unspecified atom stereocenters. The number of likely N-dealkylation sites (N-methyl/N-ethyl adjacent to an activating group) is 2. The number of fused-ring (bicyclic) bond motifs is 4. The predicted octanol–water partition coefficient (Wildman–Crippen LogP) is 8.12. The smallest absolute Gasteiger partial charge is 0.339 e. The monoisotopic (exact) mass is 637 g/mol. The normalized spacial score (nSPS) is 16.9. The number of ether oxygens (including phenoxy) is 2. The van der Waals surface area contributed by atoms with E-state index in [4.69, 9.17) is 9.47 Å². The van der Waals surface area contributed by atoms with E-state index in [0.29, 0.717) is 5.56 Å². The molecule has 0 atom stereocenters. The third-order valence-corrected chi connectivity index (χ3v) is 10.2. The van der Waals surface area contributed by atoms with Crippen LogP contribution in [0.2, 0.25) is 0 Å². The maximum atomic E-state index is 13.9. The molecule has 244 valence electrons. The molecule has 5 heteroatoms. The molecule has 0 bridgehead atoms. The predicted molar refractivity (Wildman–Crippen MR) is 196 cm³/mol. The molecule has 0 aromatic heterocycles. The lowest BCUT2D eigenvalue weighted by Crippen LogP contribution is -2.49. The molecule has 0 fully saturated rings. The summed E-state index contributed by atoms with van der Waals surface area (Å²) in [5, 5.41) is 2.13. The second kappa shape index (κ2) is 11.7. The molecule has 4 aromatic carbocycles. The van der Waals surface area contributed by atoms with Crippen molar-refractivity contribution in [1.29, 1.82) is 0 Å². The summed E-state index contributed by atoms with van der Waals surface area (Å²) in [5.41, 5.74) is 9.97. The summed E-state index contributed by atoms with van der Waals surface area (Å²) in [7, 11) is 0. The van der Waals surface area contributed by atoms with Gasteiger partial charge in [0, 0.05) is 59.6 Å².